The molecule has 0 fully saturated rings. The largest absolute Gasteiger partial charge is 0.481 e. The van der Waals surface area contributed by atoms with Gasteiger partial charge in [-0.15, -0.1) is 0 Å². The number of carboxylic acids is 2. The molecule has 2 N–H and O–H groups in total. The molecule has 0 spiro atoms. The second-order valence-corrected chi connectivity index (χ2v) is 8.14. The lowest BCUT2D eigenvalue weighted by Gasteiger charge is -2.16. The summed E-state index contributed by atoms with van der Waals surface area (Å²) in [5.74, 6) is -2.14. The third-order valence-electron chi connectivity index (χ3n) is 4.03. The summed E-state index contributed by atoms with van der Waals surface area (Å²) >= 11 is 12.4. The molecule has 0 aliphatic rings. The number of aliphatic carboxylic acids is 2. The molecule has 0 saturated heterocycles. The summed E-state index contributed by atoms with van der Waals surface area (Å²) in [5.41, 5.74) is 0. The first kappa shape index (κ1) is 23.3. The van der Waals surface area contributed by atoms with Crippen molar-refractivity contribution in [2.24, 2.45) is 23.7 Å². The molecule has 2 atom stereocenters. The third kappa shape index (κ3) is 10.2. The van der Waals surface area contributed by atoms with Crippen LogP contribution in [0.3, 0.4) is 0 Å². The summed E-state index contributed by atoms with van der Waals surface area (Å²) < 4.78 is 0. The number of rotatable bonds is 12. The Morgan fingerprint density at radius 3 is 1.21 bits per heavy atom. The highest BCUT2D eigenvalue weighted by Crippen LogP contribution is 2.31. The minimum absolute atomic E-state index is 0.152. The van der Waals surface area contributed by atoms with Gasteiger partial charge >= 0.3 is 11.9 Å². The molecular formula is C18H30Cl2O4. The Balaban J connectivity index is 4.87. The van der Waals surface area contributed by atoms with Crippen LogP contribution in [0.25, 0.3) is 0 Å². The summed E-state index contributed by atoms with van der Waals surface area (Å²) in [6.45, 7) is 8.15. The van der Waals surface area contributed by atoms with Gasteiger partial charge in [0.05, 0.1) is 11.8 Å². The van der Waals surface area contributed by atoms with Crippen molar-refractivity contribution < 1.29 is 19.8 Å². The minimum Gasteiger partial charge on any atom is -0.481 e. The number of carbonyl (C=O) groups is 2. The molecule has 0 aromatic carbocycles. The molecular weight excluding hydrogens is 351 g/mol. The van der Waals surface area contributed by atoms with E-state index in [0.717, 1.165) is 12.8 Å². The zero-order valence-electron chi connectivity index (χ0n) is 15.0. The fourth-order valence-electron chi connectivity index (χ4n) is 2.35. The summed E-state index contributed by atoms with van der Waals surface area (Å²) in [5, 5.41) is 19.2. The van der Waals surface area contributed by atoms with Crippen LogP contribution in [0, 0.1) is 23.7 Å². The Hall–Kier alpha value is -0.740. The molecule has 140 valence electrons. The second-order valence-electron chi connectivity index (χ2n) is 7.23. The van der Waals surface area contributed by atoms with Crippen LogP contribution in [0.4, 0.5) is 0 Å². The molecule has 24 heavy (non-hydrogen) atoms. The van der Waals surface area contributed by atoms with Gasteiger partial charge in [0.25, 0.3) is 0 Å². The van der Waals surface area contributed by atoms with Crippen LogP contribution in [0.2, 0.25) is 0 Å². The number of carboxylic acid groups (broad SMARTS) is 2. The molecule has 0 aromatic heterocycles. The normalized spacial score (nSPS) is 15.3. The first-order valence-corrected chi connectivity index (χ1v) is 9.28. The SMILES string of the molecule is CC(C)CCC(CC(Cl)=C(Cl)CC(CCC(C)C)C(=O)O)C(=O)O. The van der Waals surface area contributed by atoms with E-state index in [1.165, 1.54) is 0 Å². The number of hydrogen-bond donors (Lipinski definition) is 2. The molecule has 0 rings (SSSR count). The van der Waals surface area contributed by atoms with E-state index < -0.39 is 23.8 Å². The standard InChI is InChI=1S/C18H30Cl2O4/c1-11(2)5-7-13(17(21)22)9-15(19)16(20)10-14(18(23)24)8-6-12(3)4/h11-14H,5-10H2,1-4H3,(H,21,22)(H,23,24). The van der Waals surface area contributed by atoms with Crippen LogP contribution in [0.5, 0.6) is 0 Å². The molecule has 0 aliphatic heterocycles. The average Bonchev–Trinajstić information content (AvgIpc) is 2.45. The van der Waals surface area contributed by atoms with E-state index in [9.17, 15) is 19.8 Å². The fourth-order valence-corrected chi connectivity index (χ4v) is 2.88. The second kappa shape index (κ2) is 11.8. The Kier molecular flexibility index (Phi) is 11.4. The van der Waals surface area contributed by atoms with Crippen molar-refractivity contribution in [3.8, 4) is 0 Å². The van der Waals surface area contributed by atoms with E-state index in [0.29, 0.717) is 24.7 Å². The van der Waals surface area contributed by atoms with Gasteiger partial charge in [0.2, 0.25) is 0 Å². The molecule has 0 aromatic rings. The van der Waals surface area contributed by atoms with Crippen molar-refractivity contribution in [2.75, 3.05) is 0 Å². The van der Waals surface area contributed by atoms with Gasteiger partial charge < -0.3 is 10.2 Å². The van der Waals surface area contributed by atoms with Crippen LogP contribution in [0.15, 0.2) is 10.1 Å². The Morgan fingerprint density at radius 1 is 0.708 bits per heavy atom. The maximum absolute atomic E-state index is 11.4. The van der Waals surface area contributed by atoms with Gasteiger partial charge in [-0.3, -0.25) is 9.59 Å². The van der Waals surface area contributed by atoms with E-state index in [-0.39, 0.29) is 22.9 Å². The Bertz CT molecular complexity index is 404. The number of halogens is 2. The zero-order valence-corrected chi connectivity index (χ0v) is 16.5. The molecule has 0 radical (unpaired) electrons. The maximum Gasteiger partial charge on any atom is 0.306 e. The van der Waals surface area contributed by atoms with Crippen LogP contribution in [-0.2, 0) is 9.59 Å². The Labute approximate surface area is 155 Å². The van der Waals surface area contributed by atoms with Crippen molar-refractivity contribution in [3.05, 3.63) is 10.1 Å². The van der Waals surface area contributed by atoms with Gasteiger partial charge in [-0.25, -0.2) is 0 Å². The van der Waals surface area contributed by atoms with E-state index in [4.69, 9.17) is 23.2 Å². The summed E-state index contributed by atoms with van der Waals surface area (Å²) in [6.07, 6.45) is 2.96. The first-order chi connectivity index (χ1) is 11.0. The van der Waals surface area contributed by atoms with Crippen molar-refractivity contribution in [3.63, 3.8) is 0 Å². The highest BCUT2D eigenvalue weighted by atomic mass is 35.5. The van der Waals surface area contributed by atoms with Crippen molar-refractivity contribution in [1.82, 2.24) is 0 Å². The molecule has 0 heterocycles. The van der Waals surface area contributed by atoms with E-state index in [1.807, 2.05) is 27.7 Å². The Morgan fingerprint density at radius 2 is 1.00 bits per heavy atom. The van der Waals surface area contributed by atoms with Gasteiger partial charge in [-0.2, -0.15) is 0 Å². The first-order valence-electron chi connectivity index (χ1n) is 8.53. The maximum atomic E-state index is 11.4. The predicted octanol–water partition coefficient (Wildman–Crippen LogP) is 5.73. The van der Waals surface area contributed by atoms with Gasteiger partial charge in [0, 0.05) is 10.1 Å². The van der Waals surface area contributed by atoms with E-state index in [2.05, 4.69) is 0 Å². The minimum atomic E-state index is -0.896. The molecule has 0 saturated carbocycles. The van der Waals surface area contributed by atoms with Crippen molar-refractivity contribution in [1.29, 1.82) is 0 Å². The summed E-state index contributed by atoms with van der Waals surface area (Å²) in [4.78, 5) is 22.7. The lowest BCUT2D eigenvalue weighted by atomic mass is 9.93. The molecule has 6 heteroatoms. The van der Waals surface area contributed by atoms with E-state index >= 15 is 0 Å². The monoisotopic (exact) mass is 380 g/mol. The zero-order chi connectivity index (χ0) is 18.9. The quantitative estimate of drug-likeness (QED) is 0.453. The fraction of sp³-hybridized carbons (Fsp3) is 0.778. The highest BCUT2D eigenvalue weighted by molar-refractivity contribution is 6.39. The molecule has 2 unspecified atom stereocenters. The van der Waals surface area contributed by atoms with Gasteiger partial charge in [0.1, 0.15) is 0 Å². The molecule has 0 bridgehead atoms. The summed E-state index contributed by atoms with van der Waals surface area (Å²) in [6, 6.07) is 0. The third-order valence-corrected chi connectivity index (χ3v) is 4.89. The van der Waals surface area contributed by atoms with E-state index in [1.54, 1.807) is 0 Å². The van der Waals surface area contributed by atoms with Crippen LogP contribution in [-0.4, -0.2) is 22.2 Å². The molecule has 4 nitrogen and oxygen atoms in total. The lowest BCUT2D eigenvalue weighted by Crippen LogP contribution is -2.16. The van der Waals surface area contributed by atoms with Crippen LogP contribution < -0.4 is 0 Å². The highest BCUT2D eigenvalue weighted by Gasteiger charge is 2.23. The molecule has 0 aliphatic carbocycles. The van der Waals surface area contributed by atoms with Gasteiger partial charge in [0.15, 0.2) is 0 Å². The predicted molar refractivity (Wildman–Crippen MR) is 98.4 cm³/mol. The average molecular weight is 381 g/mol. The summed E-state index contributed by atoms with van der Waals surface area (Å²) in [7, 11) is 0. The van der Waals surface area contributed by atoms with Crippen LogP contribution in [0.1, 0.15) is 66.2 Å². The van der Waals surface area contributed by atoms with Gasteiger partial charge in [-0.1, -0.05) is 63.7 Å². The lowest BCUT2D eigenvalue weighted by molar-refractivity contribution is -0.143. The van der Waals surface area contributed by atoms with Crippen molar-refractivity contribution >= 4 is 35.1 Å². The number of allylic oxidation sites excluding steroid dienone is 2. The topological polar surface area (TPSA) is 74.6 Å². The van der Waals surface area contributed by atoms with Crippen LogP contribution >= 0.6 is 23.2 Å². The molecule has 0 amide bonds. The van der Waals surface area contributed by atoms with Crippen molar-refractivity contribution in [2.45, 2.75) is 66.2 Å². The number of hydrogen-bond acceptors (Lipinski definition) is 2. The van der Waals surface area contributed by atoms with Gasteiger partial charge in [-0.05, 0) is 37.5 Å². The smallest absolute Gasteiger partial charge is 0.306 e.